The number of carboxylic acid groups (broad SMARTS) is 1. The fourth-order valence-corrected chi connectivity index (χ4v) is 1.43. The Morgan fingerprint density at radius 3 is 2.81 bits per heavy atom. The molecule has 5 heteroatoms. The predicted molar refractivity (Wildman–Crippen MR) is 56.7 cm³/mol. The molecule has 1 aromatic rings. The molecule has 0 aromatic heterocycles. The largest absolute Gasteiger partial charge is 0.508 e. The summed E-state index contributed by atoms with van der Waals surface area (Å²) in [5.41, 5.74) is 0.575. The van der Waals surface area contributed by atoms with Gasteiger partial charge in [-0.1, -0.05) is 12.1 Å². The molecule has 2 N–H and O–H groups in total. The Labute approximate surface area is 93.2 Å². The van der Waals surface area contributed by atoms with Crippen LogP contribution >= 0.6 is 0 Å². The lowest BCUT2D eigenvalue weighted by molar-refractivity contribution is -0.138. The molecule has 1 rings (SSSR count). The maximum atomic E-state index is 10.5. The fourth-order valence-electron chi connectivity index (χ4n) is 1.43. The van der Waals surface area contributed by atoms with E-state index >= 15 is 0 Å². The molecule has 0 saturated carbocycles. The summed E-state index contributed by atoms with van der Waals surface area (Å²) in [6.45, 7) is -0.228. The molecule has 84 valence electrons. The molecule has 16 heavy (non-hydrogen) atoms. The van der Waals surface area contributed by atoms with E-state index in [1.165, 1.54) is 17.0 Å². The zero-order chi connectivity index (χ0) is 12.1. The highest BCUT2D eigenvalue weighted by Crippen LogP contribution is 2.21. The highest BCUT2D eigenvalue weighted by Gasteiger charge is 2.18. The predicted octanol–water partition coefficient (Wildman–Crippen LogP) is 0.973. The highest BCUT2D eigenvalue weighted by atomic mass is 16.4. The molecular weight excluding hydrogens is 208 g/mol. The zero-order valence-electron chi connectivity index (χ0n) is 8.79. The number of hydrogen-bond donors (Lipinski definition) is 2. The third-order valence-electron chi connectivity index (χ3n) is 2.13. The first-order valence-electron chi connectivity index (χ1n) is 4.65. The van der Waals surface area contributed by atoms with Crippen molar-refractivity contribution in [3.63, 3.8) is 0 Å². The molecule has 0 aliphatic heterocycles. The molecule has 1 unspecified atom stereocenters. The number of carboxylic acids is 1. The van der Waals surface area contributed by atoms with Gasteiger partial charge in [0, 0.05) is 0 Å². The van der Waals surface area contributed by atoms with Crippen molar-refractivity contribution < 1.29 is 15.0 Å². The summed E-state index contributed by atoms with van der Waals surface area (Å²) in [7, 11) is 1.55. The van der Waals surface area contributed by atoms with Gasteiger partial charge in [-0.3, -0.25) is 9.69 Å². The van der Waals surface area contributed by atoms with E-state index in [2.05, 4.69) is 0 Å². The first-order chi connectivity index (χ1) is 7.54. The number of phenolic OH excluding ortho intramolecular Hbond substituents is 1. The van der Waals surface area contributed by atoms with Crippen molar-refractivity contribution >= 4 is 5.97 Å². The number of rotatable bonds is 4. The van der Waals surface area contributed by atoms with Crippen molar-refractivity contribution in [2.24, 2.45) is 0 Å². The molecule has 1 aromatic carbocycles. The fraction of sp³-hybridized carbons (Fsp3) is 0.273. The Bertz CT molecular complexity index is 425. The van der Waals surface area contributed by atoms with Gasteiger partial charge in [0.1, 0.15) is 11.8 Å². The summed E-state index contributed by atoms with van der Waals surface area (Å²) < 4.78 is 0. The Balaban J connectivity index is 2.91. The lowest BCUT2D eigenvalue weighted by Gasteiger charge is -2.20. The molecular formula is C11H12N2O3. The van der Waals surface area contributed by atoms with E-state index in [9.17, 15) is 9.90 Å². The summed E-state index contributed by atoms with van der Waals surface area (Å²) >= 11 is 0. The summed E-state index contributed by atoms with van der Waals surface area (Å²) in [5, 5.41) is 26.9. The van der Waals surface area contributed by atoms with Gasteiger partial charge < -0.3 is 10.2 Å². The topological polar surface area (TPSA) is 84.6 Å². The first kappa shape index (κ1) is 12.0. The van der Waals surface area contributed by atoms with Crippen LogP contribution in [0.5, 0.6) is 5.75 Å². The molecule has 5 nitrogen and oxygen atoms in total. The third-order valence-corrected chi connectivity index (χ3v) is 2.13. The number of hydrogen-bond acceptors (Lipinski definition) is 4. The van der Waals surface area contributed by atoms with Crippen LogP contribution < -0.4 is 0 Å². The minimum atomic E-state index is -0.997. The summed E-state index contributed by atoms with van der Waals surface area (Å²) in [6, 6.07) is 7.56. The van der Waals surface area contributed by atoms with Crippen molar-refractivity contribution in [1.82, 2.24) is 4.90 Å². The van der Waals surface area contributed by atoms with E-state index in [0.717, 1.165) is 0 Å². The number of aromatic hydroxyl groups is 1. The Morgan fingerprint density at radius 1 is 1.62 bits per heavy atom. The molecule has 0 amide bonds. The van der Waals surface area contributed by atoms with Crippen LogP contribution in [0.25, 0.3) is 0 Å². The molecule has 0 heterocycles. The summed E-state index contributed by atoms with van der Waals surface area (Å²) in [6.07, 6.45) is 0. The maximum Gasteiger partial charge on any atom is 0.317 e. The molecule has 0 fully saturated rings. The number of benzene rings is 1. The lowest BCUT2D eigenvalue weighted by atomic mass is 10.1. The number of carbonyl (C=O) groups is 1. The van der Waals surface area contributed by atoms with Crippen LogP contribution in [0.3, 0.4) is 0 Å². The van der Waals surface area contributed by atoms with E-state index in [0.29, 0.717) is 5.56 Å². The number of nitrogens with zero attached hydrogens (tertiary/aromatic N) is 2. The van der Waals surface area contributed by atoms with Crippen molar-refractivity contribution in [3.8, 4) is 11.8 Å². The molecule has 0 bridgehead atoms. The smallest absolute Gasteiger partial charge is 0.317 e. The van der Waals surface area contributed by atoms with Crippen LogP contribution in [0.4, 0.5) is 0 Å². The van der Waals surface area contributed by atoms with Gasteiger partial charge in [-0.15, -0.1) is 0 Å². The average molecular weight is 220 g/mol. The number of likely N-dealkylation sites (N-methyl/N-ethyl adjacent to an activating group) is 1. The summed E-state index contributed by atoms with van der Waals surface area (Å²) in [4.78, 5) is 11.9. The quantitative estimate of drug-likeness (QED) is 0.789. The van der Waals surface area contributed by atoms with E-state index in [1.54, 1.807) is 19.2 Å². The molecule has 0 saturated heterocycles. The molecule has 0 radical (unpaired) electrons. The van der Waals surface area contributed by atoms with Crippen molar-refractivity contribution in [3.05, 3.63) is 29.8 Å². The third kappa shape index (κ3) is 2.97. The number of nitriles is 1. The van der Waals surface area contributed by atoms with Crippen LogP contribution in [0, 0.1) is 11.3 Å². The molecule has 0 spiro atoms. The van der Waals surface area contributed by atoms with Crippen LogP contribution in [0.1, 0.15) is 11.6 Å². The number of phenols is 1. The zero-order valence-corrected chi connectivity index (χ0v) is 8.79. The Morgan fingerprint density at radius 2 is 2.31 bits per heavy atom. The van der Waals surface area contributed by atoms with Gasteiger partial charge in [-0.2, -0.15) is 5.26 Å². The second-order valence-corrected chi connectivity index (χ2v) is 3.44. The van der Waals surface area contributed by atoms with Gasteiger partial charge in [-0.05, 0) is 24.7 Å². The molecule has 0 aliphatic carbocycles. The van der Waals surface area contributed by atoms with Gasteiger partial charge in [0.25, 0.3) is 0 Å². The van der Waals surface area contributed by atoms with Crippen LogP contribution in [0.15, 0.2) is 24.3 Å². The van der Waals surface area contributed by atoms with Crippen molar-refractivity contribution in [2.45, 2.75) is 6.04 Å². The van der Waals surface area contributed by atoms with Crippen molar-refractivity contribution in [2.75, 3.05) is 13.6 Å². The maximum absolute atomic E-state index is 10.5. The molecule has 0 aliphatic rings. The Kier molecular flexibility index (Phi) is 3.86. The lowest BCUT2D eigenvalue weighted by Crippen LogP contribution is -2.29. The van der Waals surface area contributed by atoms with E-state index in [1.807, 2.05) is 6.07 Å². The van der Waals surface area contributed by atoms with Crippen LogP contribution in [-0.2, 0) is 4.79 Å². The number of aliphatic carboxylic acids is 1. The average Bonchev–Trinajstić information content (AvgIpc) is 2.17. The molecule has 1 atom stereocenters. The standard InChI is InChI=1S/C11H12N2O3/c1-13(7-11(15)16)10(6-12)8-3-2-4-9(14)5-8/h2-5,10,14H,7H2,1H3,(H,15,16). The van der Waals surface area contributed by atoms with Crippen molar-refractivity contribution in [1.29, 1.82) is 5.26 Å². The SMILES string of the molecule is CN(CC(=O)O)C(C#N)c1cccc(O)c1. The minimum Gasteiger partial charge on any atom is -0.508 e. The van der Waals surface area contributed by atoms with Gasteiger partial charge in [0.05, 0.1) is 12.6 Å². The van der Waals surface area contributed by atoms with E-state index in [4.69, 9.17) is 10.4 Å². The minimum absolute atomic E-state index is 0.0569. The van der Waals surface area contributed by atoms with E-state index < -0.39 is 12.0 Å². The van der Waals surface area contributed by atoms with E-state index in [-0.39, 0.29) is 12.3 Å². The highest BCUT2D eigenvalue weighted by molar-refractivity contribution is 5.69. The van der Waals surface area contributed by atoms with Gasteiger partial charge in [-0.25, -0.2) is 0 Å². The first-order valence-corrected chi connectivity index (χ1v) is 4.65. The summed E-state index contributed by atoms with van der Waals surface area (Å²) in [5.74, 6) is -0.940. The normalized spacial score (nSPS) is 12.1. The van der Waals surface area contributed by atoms with Gasteiger partial charge in [0.2, 0.25) is 0 Å². The van der Waals surface area contributed by atoms with Gasteiger partial charge >= 0.3 is 5.97 Å². The van der Waals surface area contributed by atoms with Crippen LogP contribution in [0.2, 0.25) is 0 Å². The second kappa shape index (κ2) is 5.14. The van der Waals surface area contributed by atoms with Gasteiger partial charge in [0.15, 0.2) is 0 Å². The Hall–Kier alpha value is -2.06. The second-order valence-electron chi connectivity index (χ2n) is 3.44. The van der Waals surface area contributed by atoms with Crippen LogP contribution in [-0.4, -0.2) is 34.7 Å². The monoisotopic (exact) mass is 220 g/mol.